The number of amides is 1. The Balaban J connectivity index is 2.09. The number of benzene rings is 2. The molecule has 2 aromatic rings. The fourth-order valence-corrected chi connectivity index (χ4v) is 2.13. The third-order valence-corrected chi connectivity index (χ3v) is 3.27. The molecule has 0 unspecified atom stereocenters. The third-order valence-electron chi connectivity index (χ3n) is 3.27. The van der Waals surface area contributed by atoms with Crippen LogP contribution in [0.4, 0.5) is 11.4 Å². The highest BCUT2D eigenvalue weighted by Gasteiger charge is 2.07. The van der Waals surface area contributed by atoms with E-state index >= 15 is 0 Å². The Hall–Kier alpha value is -2.53. The summed E-state index contributed by atoms with van der Waals surface area (Å²) in [5, 5.41) is 14.8. The molecule has 0 bridgehead atoms. The number of rotatable bonds is 6. The molecule has 0 aliphatic heterocycles. The highest BCUT2D eigenvalue weighted by molar-refractivity contribution is 5.91. The zero-order chi connectivity index (χ0) is 15.9. The molecule has 0 spiro atoms. The van der Waals surface area contributed by atoms with Crippen LogP contribution in [0.5, 0.6) is 5.75 Å². The molecule has 5 heteroatoms. The molecule has 1 atom stereocenters. The van der Waals surface area contributed by atoms with Gasteiger partial charge in [-0.1, -0.05) is 18.2 Å². The Morgan fingerprint density at radius 3 is 2.64 bits per heavy atom. The van der Waals surface area contributed by atoms with Crippen LogP contribution in [0.1, 0.15) is 18.5 Å². The Morgan fingerprint density at radius 1 is 1.18 bits per heavy atom. The lowest BCUT2D eigenvalue weighted by atomic mass is 10.1. The molecule has 0 fully saturated rings. The molecule has 0 saturated heterocycles. The van der Waals surface area contributed by atoms with Crippen molar-refractivity contribution >= 4 is 17.3 Å². The summed E-state index contributed by atoms with van der Waals surface area (Å²) in [7, 11) is 1.64. The van der Waals surface area contributed by atoms with Crippen molar-refractivity contribution in [2.24, 2.45) is 0 Å². The summed E-state index contributed by atoms with van der Waals surface area (Å²) in [5.74, 6) is 0.383. The minimum absolute atomic E-state index is 0.0823. The van der Waals surface area contributed by atoms with E-state index in [1.54, 1.807) is 13.2 Å². The number of anilines is 2. The first-order valence-electron chi connectivity index (χ1n) is 7.03. The van der Waals surface area contributed by atoms with Gasteiger partial charge in [-0.05, 0) is 42.8 Å². The second kappa shape index (κ2) is 7.47. The number of ether oxygens (including phenoxy) is 1. The van der Waals surface area contributed by atoms with Gasteiger partial charge in [0.2, 0.25) is 5.91 Å². The molecule has 5 nitrogen and oxygen atoms in total. The van der Waals surface area contributed by atoms with Crippen molar-refractivity contribution in [3.63, 3.8) is 0 Å². The van der Waals surface area contributed by atoms with Crippen molar-refractivity contribution in [2.75, 3.05) is 24.4 Å². The Bertz CT molecular complexity index is 643. The number of methoxy groups -OCH3 is 1. The van der Waals surface area contributed by atoms with Gasteiger partial charge in [0.05, 0.1) is 7.11 Å². The van der Waals surface area contributed by atoms with Gasteiger partial charge in [0, 0.05) is 17.4 Å². The third kappa shape index (κ3) is 4.23. The van der Waals surface area contributed by atoms with Gasteiger partial charge in [-0.15, -0.1) is 0 Å². The van der Waals surface area contributed by atoms with Crippen LogP contribution in [0.25, 0.3) is 0 Å². The standard InChI is InChI=1S/C17H20N2O3/c1-12(13-5-3-8-16(9-13)22-2)18-14-6-4-7-15(10-14)19-17(21)11-20/h3-10,12,18,20H,11H2,1-2H3,(H,19,21)/t12-/m0/s1. The monoisotopic (exact) mass is 300 g/mol. The van der Waals surface area contributed by atoms with Gasteiger partial charge in [0.25, 0.3) is 0 Å². The molecule has 116 valence electrons. The lowest BCUT2D eigenvalue weighted by molar-refractivity contribution is -0.118. The molecule has 0 aliphatic rings. The number of carbonyl (C=O) groups excluding carboxylic acids is 1. The number of hydrogen-bond acceptors (Lipinski definition) is 4. The molecule has 0 aliphatic carbocycles. The summed E-state index contributed by atoms with van der Waals surface area (Å²) in [6.45, 7) is 1.52. The summed E-state index contributed by atoms with van der Waals surface area (Å²) in [5.41, 5.74) is 2.62. The second-order valence-corrected chi connectivity index (χ2v) is 4.93. The van der Waals surface area contributed by atoms with Crippen LogP contribution < -0.4 is 15.4 Å². The molecule has 0 radical (unpaired) electrons. The van der Waals surface area contributed by atoms with Crippen LogP contribution in [0.2, 0.25) is 0 Å². The van der Waals surface area contributed by atoms with Crippen molar-refractivity contribution in [1.82, 2.24) is 0 Å². The van der Waals surface area contributed by atoms with E-state index in [0.29, 0.717) is 5.69 Å². The normalized spacial score (nSPS) is 11.6. The average Bonchev–Trinajstić information content (AvgIpc) is 2.55. The first-order valence-corrected chi connectivity index (χ1v) is 7.03. The predicted octanol–water partition coefficient (Wildman–Crippen LogP) is 2.80. The van der Waals surface area contributed by atoms with Crippen LogP contribution in [-0.4, -0.2) is 24.7 Å². The van der Waals surface area contributed by atoms with Crippen LogP contribution in [0, 0.1) is 0 Å². The van der Waals surface area contributed by atoms with Crippen LogP contribution >= 0.6 is 0 Å². The number of aliphatic hydroxyl groups is 1. The van der Waals surface area contributed by atoms with E-state index in [-0.39, 0.29) is 6.04 Å². The summed E-state index contributed by atoms with van der Waals surface area (Å²) >= 11 is 0. The zero-order valence-corrected chi connectivity index (χ0v) is 12.7. The lowest BCUT2D eigenvalue weighted by Crippen LogP contribution is -2.15. The predicted molar refractivity (Wildman–Crippen MR) is 87.2 cm³/mol. The lowest BCUT2D eigenvalue weighted by Gasteiger charge is -2.17. The maximum Gasteiger partial charge on any atom is 0.250 e. The SMILES string of the molecule is COc1cccc([C@H](C)Nc2cccc(NC(=O)CO)c2)c1. The number of hydrogen-bond donors (Lipinski definition) is 3. The van der Waals surface area contributed by atoms with Gasteiger partial charge < -0.3 is 20.5 Å². The molecule has 1 amide bonds. The van der Waals surface area contributed by atoms with Crippen molar-refractivity contribution in [1.29, 1.82) is 0 Å². The van der Waals surface area contributed by atoms with E-state index < -0.39 is 12.5 Å². The quantitative estimate of drug-likeness (QED) is 0.767. The van der Waals surface area contributed by atoms with Crippen molar-refractivity contribution < 1.29 is 14.6 Å². The molecule has 2 aromatic carbocycles. The van der Waals surface area contributed by atoms with E-state index in [2.05, 4.69) is 10.6 Å². The molecule has 0 saturated carbocycles. The van der Waals surface area contributed by atoms with E-state index in [9.17, 15) is 4.79 Å². The Morgan fingerprint density at radius 2 is 1.91 bits per heavy atom. The van der Waals surface area contributed by atoms with E-state index in [4.69, 9.17) is 9.84 Å². The molecule has 22 heavy (non-hydrogen) atoms. The van der Waals surface area contributed by atoms with Crippen molar-refractivity contribution in [3.05, 3.63) is 54.1 Å². The van der Waals surface area contributed by atoms with E-state index in [1.807, 2.05) is 49.4 Å². The molecular formula is C17H20N2O3. The van der Waals surface area contributed by atoms with Gasteiger partial charge in [0.15, 0.2) is 0 Å². The smallest absolute Gasteiger partial charge is 0.250 e. The van der Waals surface area contributed by atoms with Crippen LogP contribution in [-0.2, 0) is 4.79 Å². The maximum atomic E-state index is 11.2. The summed E-state index contributed by atoms with van der Waals surface area (Å²) < 4.78 is 5.23. The maximum absolute atomic E-state index is 11.2. The summed E-state index contributed by atoms with van der Waals surface area (Å²) in [6, 6.07) is 15.3. The molecule has 0 heterocycles. The average molecular weight is 300 g/mol. The number of carbonyl (C=O) groups is 1. The fourth-order valence-electron chi connectivity index (χ4n) is 2.13. The topological polar surface area (TPSA) is 70.6 Å². The highest BCUT2D eigenvalue weighted by Crippen LogP contribution is 2.24. The Kier molecular flexibility index (Phi) is 5.38. The minimum atomic E-state index is -0.530. The summed E-state index contributed by atoms with van der Waals surface area (Å²) in [6.07, 6.45) is 0. The number of nitrogens with one attached hydrogen (secondary N) is 2. The first-order chi connectivity index (χ1) is 10.6. The van der Waals surface area contributed by atoms with Gasteiger partial charge in [-0.2, -0.15) is 0 Å². The van der Waals surface area contributed by atoms with Crippen molar-refractivity contribution in [3.8, 4) is 5.75 Å². The summed E-state index contributed by atoms with van der Waals surface area (Å²) in [4.78, 5) is 11.2. The largest absolute Gasteiger partial charge is 0.497 e. The van der Waals surface area contributed by atoms with Gasteiger partial charge in [-0.3, -0.25) is 4.79 Å². The van der Waals surface area contributed by atoms with Gasteiger partial charge in [-0.25, -0.2) is 0 Å². The van der Waals surface area contributed by atoms with Crippen molar-refractivity contribution in [2.45, 2.75) is 13.0 Å². The molecule has 0 aromatic heterocycles. The molecule has 3 N–H and O–H groups in total. The fraction of sp³-hybridized carbons (Fsp3) is 0.235. The van der Waals surface area contributed by atoms with Gasteiger partial charge >= 0.3 is 0 Å². The Labute approximate surface area is 129 Å². The van der Waals surface area contributed by atoms with Crippen LogP contribution in [0.15, 0.2) is 48.5 Å². The number of aliphatic hydroxyl groups excluding tert-OH is 1. The highest BCUT2D eigenvalue weighted by atomic mass is 16.5. The zero-order valence-electron chi connectivity index (χ0n) is 12.7. The van der Waals surface area contributed by atoms with Crippen LogP contribution in [0.3, 0.4) is 0 Å². The molecule has 2 rings (SSSR count). The first kappa shape index (κ1) is 15.9. The molecular weight excluding hydrogens is 280 g/mol. The van der Waals surface area contributed by atoms with Gasteiger partial charge in [0.1, 0.15) is 12.4 Å². The van der Waals surface area contributed by atoms with E-state index in [1.165, 1.54) is 0 Å². The second-order valence-electron chi connectivity index (χ2n) is 4.93. The van der Waals surface area contributed by atoms with E-state index in [0.717, 1.165) is 17.0 Å². The minimum Gasteiger partial charge on any atom is -0.497 e.